The van der Waals surface area contributed by atoms with Crippen LogP contribution in [0.4, 0.5) is 0 Å². The second kappa shape index (κ2) is 17.0. The van der Waals surface area contributed by atoms with Gasteiger partial charge in [0.15, 0.2) is 5.92 Å². The predicted molar refractivity (Wildman–Crippen MR) is 71.6 cm³/mol. The molecule has 0 unspecified atom stereocenters. The molecule has 0 heterocycles. The minimum absolute atomic E-state index is 0. The third kappa shape index (κ3) is 15.2. The quantitative estimate of drug-likeness (QED) is 0.158. The molecular weight excluding hydrogens is 465 g/mol. The van der Waals surface area contributed by atoms with Gasteiger partial charge in [-0.3, -0.25) is 19.6 Å². The zero-order valence-electron chi connectivity index (χ0n) is 11.6. The second-order valence-electron chi connectivity index (χ2n) is 4.07. The monoisotopic (exact) mass is 488 g/mol. The van der Waals surface area contributed by atoms with Gasteiger partial charge in [0, 0.05) is 6.42 Å². The average Bonchev–Trinajstić information content (AvgIpc) is 2.31. The van der Waals surface area contributed by atoms with E-state index in [1.807, 2.05) is 0 Å². The van der Waals surface area contributed by atoms with E-state index in [4.69, 9.17) is 15.4 Å². The number of carboxylic acids is 2. The largest absolute Gasteiger partial charge is 2.00 e. The molecule has 1 amide bonds. The second-order valence-corrected chi connectivity index (χ2v) is 4.07. The summed E-state index contributed by atoms with van der Waals surface area (Å²) in [6, 6.07) is 0. The summed E-state index contributed by atoms with van der Waals surface area (Å²) in [4.78, 5) is 31.8. The molecule has 0 bridgehead atoms. The van der Waals surface area contributed by atoms with Crippen LogP contribution in [0.15, 0.2) is 0 Å². The van der Waals surface area contributed by atoms with E-state index in [0.29, 0.717) is 12.8 Å². The minimum atomic E-state index is -1.33. The molecule has 0 saturated heterocycles. The number of hydrogen-bond acceptors (Lipinski definition) is 4. The first-order valence-electron chi connectivity index (χ1n) is 5.87. The Morgan fingerprint density at radius 3 is 1.71 bits per heavy atom. The van der Waals surface area contributed by atoms with Gasteiger partial charge in [0.25, 0.3) is 0 Å². The van der Waals surface area contributed by atoms with Crippen molar-refractivity contribution >= 4 is 17.8 Å². The number of hydroxylamine groups is 1. The van der Waals surface area contributed by atoms with E-state index in [-0.39, 0.29) is 46.2 Å². The molecule has 0 radical (unpaired) electrons. The first-order chi connectivity index (χ1) is 8.49. The van der Waals surface area contributed by atoms with Crippen LogP contribution in [0, 0.1) is 5.92 Å². The molecule has 21 heavy (non-hydrogen) atoms. The summed E-state index contributed by atoms with van der Waals surface area (Å²) in [5.74, 6) is -4.36. The van der Waals surface area contributed by atoms with E-state index >= 15 is 0 Å². The van der Waals surface area contributed by atoms with Crippen LogP contribution in [0.2, 0.25) is 0 Å². The summed E-state index contributed by atoms with van der Waals surface area (Å²) in [5.41, 5.74) is 1.54. The van der Waals surface area contributed by atoms with Gasteiger partial charge >= 0.3 is 33.0 Å². The molecular formula is C11H23N3O6Pt. The molecule has 0 aromatic heterocycles. The molecule has 0 aliphatic rings. The third-order valence-corrected chi connectivity index (χ3v) is 2.62. The SMILES string of the molecule is O=C(CCCCCCCC(C(=O)O)C(=O)O)NO.[NH2-].[NH2-].[Pt+2]. The molecule has 0 aromatic rings. The summed E-state index contributed by atoms with van der Waals surface area (Å²) in [7, 11) is 0. The van der Waals surface area contributed by atoms with Crippen LogP contribution in [-0.4, -0.2) is 33.3 Å². The number of aliphatic carboxylic acids is 2. The maximum absolute atomic E-state index is 10.6. The van der Waals surface area contributed by atoms with Crippen molar-refractivity contribution in [1.82, 2.24) is 5.48 Å². The maximum atomic E-state index is 10.6. The van der Waals surface area contributed by atoms with Gasteiger partial charge in [0.2, 0.25) is 5.91 Å². The van der Waals surface area contributed by atoms with Crippen molar-refractivity contribution in [2.45, 2.75) is 44.9 Å². The zero-order valence-corrected chi connectivity index (χ0v) is 13.8. The molecule has 8 N–H and O–H groups in total. The van der Waals surface area contributed by atoms with Crippen molar-refractivity contribution in [2.75, 3.05) is 0 Å². The van der Waals surface area contributed by atoms with Crippen LogP contribution in [0.5, 0.6) is 0 Å². The van der Waals surface area contributed by atoms with E-state index in [1.54, 1.807) is 0 Å². The average molecular weight is 488 g/mol. The van der Waals surface area contributed by atoms with Crippen molar-refractivity contribution < 1.29 is 50.9 Å². The Bertz CT molecular complexity index is 290. The van der Waals surface area contributed by atoms with Gasteiger partial charge < -0.3 is 22.5 Å². The smallest absolute Gasteiger partial charge is 0.693 e. The van der Waals surface area contributed by atoms with Crippen molar-refractivity contribution in [3.8, 4) is 0 Å². The Morgan fingerprint density at radius 1 is 0.857 bits per heavy atom. The molecule has 10 heteroatoms. The number of nitrogens with one attached hydrogen (secondary N) is 1. The summed E-state index contributed by atoms with van der Waals surface area (Å²) < 4.78 is 0. The molecule has 0 aromatic carbocycles. The standard InChI is InChI=1S/C11H19NO6.2H2N.Pt/c13-9(12-18)7-5-3-1-2-4-6-8(10(14)15)11(16)17;;;/h8,18H,1-7H2,(H,12,13)(H,14,15)(H,16,17);2*1H2;/q;2*-1;+2. The number of amides is 1. The fraction of sp³-hybridized carbons (Fsp3) is 0.727. The zero-order chi connectivity index (χ0) is 14.0. The predicted octanol–water partition coefficient (Wildman–Crippen LogP) is 2.44. The van der Waals surface area contributed by atoms with Crippen molar-refractivity contribution in [1.29, 1.82) is 0 Å². The molecule has 0 spiro atoms. The van der Waals surface area contributed by atoms with E-state index < -0.39 is 23.8 Å². The molecule has 0 aliphatic carbocycles. The van der Waals surface area contributed by atoms with Gasteiger partial charge in [0.05, 0.1) is 0 Å². The molecule has 128 valence electrons. The number of nitrogens with two attached hydrogens (primary N) is 2. The molecule has 9 nitrogen and oxygen atoms in total. The van der Waals surface area contributed by atoms with Crippen LogP contribution >= 0.6 is 0 Å². The van der Waals surface area contributed by atoms with E-state index in [9.17, 15) is 14.4 Å². The van der Waals surface area contributed by atoms with E-state index in [0.717, 1.165) is 19.3 Å². The number of unbranched alkanes of at least 4 members (excludes halogenated alkanes) is 4. The third-order valence-electron chi connectivity index (χ3n) is 2.62. The minimum Gasteiger partial charge on any atom is -0.693 e. The maximum Gasteiger partial charge on any atom is 2.00 e. The van der Waals surface area contributed by atoms with Gasteiger partial charge in [-0.05, 0) is 12.8 Å². The normalized spacial score (nSPS) is 8.86. The van der Waals surface area contributed by atoms with Crippen LogP contribution in [0.25, 0.3) is 12.3 Å². The first kappa shape index (κ1) is 28.2. The Kier molecular flexibility index (Phi) is 22.9. The van der Waals surface area contributed by atoms with Crippen molar-refractivity contribution in [2.24, 2.45) is 5.92 Å². The fourth-order valence-corrected chi connectivity index (χ4v) is 1.57. The molecule has 0 fully saturated rings. The van der Waals surface area contributed by atoms with E-state index in [1.165, 1.54) is 5.48 Å². The van der Waals surface area contributed by atoms with Crippen molar-refractivity contribution in [3.63, 3.8) is 0 Å². The van der Waals surface area contributed by atoms with Gasteiger partial charge in [-0.15, -0.1) is 0 Å². The Balaban J connectivity index is -0.000000482. The summed E-state index contributed by atoms with van der Waals surface area (Å²) >= 11 is 0. The van der Waals surface area contributed by atoms with Crippen LogP contribution in [0.1, 0.15) is 44.9 Å². The number of carboxylic acid groups (broad SMARTS) is 2. The van der Waals surface area contributed by atoms with Gasteiger partial charge in [0.1, 0.15) is 0 Å². The Hall–Kier alpha value is -1.02. The Labute approximate surface area is 137 Å². The number of rotatable bonds is 10. The number of carbonyl (C=O) groups excluding carboxylic acids is 1. The molecule has 0 aliphatic heterocycles. The van der Waals surface area contributed by atoms with Crippen LogP contribution < -0.4 is 5.48 Å². The van der Waals surface area contributed by atoms with Crippen molar-refractivity contribution in [3.05, 3.63) is 12.3 Å². The van der Waals surface area contributed by atoms with E-state index in [2.05, 4.69) is 0 Å². The summed E-state index contributed by atoms with van der Waals surface area (Å²) in [6.07, 6.45) is 3.90. The van der Waals surface area contributed by atoms with Crippen LogP contribution in [-0.2, 0) is 35.4 Å². The van der Waals surface area contributed by atoms with Gasteiger partial charge in [-0.1, -0.05) is 25.7 Å². The van der Waals surface area contributed by atoms with Gasteiger partial charge in [-0.25, -0.2) is 5.48 Å². The Morgan fingerprint density at radius 2 is 1.29 bits per heavy atom. The number of carbonyl (C=O) groups is 3. The molecule has 0 saturated carbocycles. The number of hydrogen-bond donors (Lipinski definition) is 4. The van der Waals surface area contributed by atoms with Crippen LogP contribution in [0.3, 0.4) is 0 Å². The molecule has 0 rings (SSSR count). The summed E-state index contributed by atoms with van der Waals surface area (Å²) in [5, 5.41) is 25.5. The summed E-state index contributed by atoms with van der Waals surface area (Å²) in [6.45, 7) is 0. The first-order valence-corrected chi connectivity index (χ1v) is 5.87. The topological polar surface area (TPSA) is 191 Å². The molecule has 0 atom stereocenters. The van der Waals surface area contributed by atoms with Gasteiger partial charge in [-0.2, -0.15) is 0 Å². The fourth-order valence-electron chi connectivity index (χ4n) is 1.57.